The maximum atomic E-state index is 12.1. The van der Waals surface area contributed by atoms with E-state index in [0.29, 0.717) is 18.8 Å². The molecule has 0 aliphatic rings. The molecule has 0 heterocycles. The van der Waals surface area contributed by atoms with E-state index in [1.165, 1.54) is 0 Å². The highest BCUT2D eigenvalue weighted by Gasteiger charge is 2.09. The molecule has 0 aromatic heterocycles. The smallest absolute Gasteiger partial charge is 0.272 e. The summed E-state index contributed by atoms with van der Waals surface area (Å²) in [5.74, 6) is 0.425. The van der Waals surface area contributed by atoms with E-state index in [-0.39, 0.29) is 0 Å². The summed E-state index contributed by atoms with van der Waals surface area (Å²) in [6.45, 7) is 2.39. The molecule has 23 heavy (non-hydrogen) atoms. The van der Waals surface area contributed by atoms with Crippen LogP contribution in [0.3, 0.4) is 0 Å². The van der Waals surface area contributed by atoms with Crippen molar-refractivity contribution < 1.29 is 18.6 Å². The van der Waals surface area contributed by atoms with E-state index in [1.807, 2.05) is 43.3 Å². The van der Waals surface area contributed by atoms with Crippen LogP contribution >= 0.6 is 0 Å². The summed E-state index contributed by atoms with van der Waals surface area (Å²) >= 11 is 0. The summed E-state index contributed by atoms with van der Waals surface area (Å²) in [4.78, 5) is 0. The average molecular weight is 321 g/mol. The van der Waals surface area contributed by atoms with E-state index in [1.54, 1.807) is 12.1 Å². The van der Waals surface area contributed by atoms with Crippen LogP contribution in [-0.2, 0) is 6.54 Å². The Hall–Kier alpha value is -1.98. The van der Waals surface area contributed by atoms with Crippen molar-refractivity contribution in [2.24, 2.45) is 0 Å². The summed E-state index contributed by atoms with van der Waals surface area (Å²) in [6, 6.07) is 14.7. The second-order valence-electron chi connectivity index (χ2n) is 5.35. The third kappa shape index (κ3) is 5.62. The molecular weight excluding hydrogens is 300 g/mol. The topological polar surface area (TPSA) is 41.5 Å². The van der Waals surface area contributed by atoms with Crippen molar-refractivity contribution in [3.8, 4) is 5.75 Å². The number of nitrogens with one attached hydrogen (secondary N) is 1. The van der Waals surface area contributed by atoms with Gasteiger partial charge >= 0.3 is 0 Å². The van der Waals surface area contributed by atoms with Crippen molar-refractivity contribution in [2.45, 2.75) is 26.0 Å². The quantitative estimate of drug-likeness (QED) is 0.782. The number of ether oxygens (including phenoxy) is 1. The highest BCUT2D eigenvalue weighted by atomic mass is 19.3. The third-order valence-corrected chi connectivity index (χ3v) is 3.51. The predicted molar refractivity (Wildman–Crippen MR) is 85.8 cm³/mol. The molecule has 1 unspecified atom stereocenters. The molecule has 0 radical (unpaired) electrons. The van der Waals surface area contributed by atoms with E-state index in [4.69, 9.17) is 4.74 Å². The Kier molecular flexibility index (Phi) is 6.50. The summed E-state index contributed by atoms with van der Waals surface area (Å²) in [7, 11) is 0. The lowest BCUT2D eigenvalue weighted by molar-refractivity contribution is 0.0819. The van der Waals surface area contributed by atoms with Gasteiger partial charge < -0.3 is 15.2 Å². The molecule has 0 amide bonds. The minimum absolute atomic E-state index is 0.425. The monoisotopic (exact) mass is 321 g/mol. The molecule has 0 saturated carbocycles. The van der Waals surface area contributed by atoms with E-state index < -0.39 is 19.1 Å². The van der Waals surface area contributed by atoms with E-state index >= 15 is 0 Å². The van der Waals surface area contributed by atoms with Gasteiger partial charge in [0.1, 0.15) is 12.4 Å². The van der Waals surface area contributed by atoms with Gasteiger partial charge in [-0.1, -0.05) is 36.4 Å². The first-order valence-electron chi connectivity index (χ1n) is 7.50. The normalized spacial score (nSPS) is 12.4. The lowest BCUT2D eigenvalue weighted by Crippen LogP contribution is -2.21. The number of halogens is 2. The van der Waals surface area contributed by atoms with Crippen LogP contribution in [0.15, 0.2) is 48.5 Å². The van der Waals surface area contributed by atoms with Gasteiger partial charge in [-0.05, 0) is 35.7 Å². The zero-order valence-electron chi connectivity index (χ0n) is 13.0. The number of aryl methyl sites for hydroxylation is 1. The number of aliphatic hydroxyl groups is 1. The molecule has 1 atom stereocenters. The summed E-state index contributed by atoms with van der Waals surface area (Å²) in [5.41, 5.74) is 2.96. The molecule has 124 valence electrons. The fraction of sp³-hybridized carbons (Fsp3) is 0.333. The van der Waals surface area contributed by atoms with Gasteiger partial charge in [0.25, 0.3) is 6.43 Å². The molecule has 2 rings (SSSR count). The van der Waals surface area contributed by atoms with Crippen LogP contribution in [0, 0.1) is 6.92 Å². The van der Waals surface area contributed by atoms with Gasteiger partial charge in [0.2, 0.25) is 0 Å². The Morgan fingerprint density at radius 2 is 1.78 bits per heavy atom. The molecule has 5 heteroatoms. The fourth-order valence-electron chi connectivity index (χ4n) is 2.29. The molecule has 0 bridgehead atoms. The van der Waals surface area contributed by atoms with Crippen LogP contribution in [0.2, 0.25) is 0 Å². The van der Waals surface area contributed by atoms with Crippen molar-refractivity contribution in [3.63, 3.8) is 0 Å². The van der Waals surface area contributed by atoms with Crippen molar-refractivity contribution in [1.29, 1.82) is 0 Å². The molecule has 2 aromatic carbocycles. The van der Waals surface area contributed by atoms with Crippen molar-refractivity contribution in [1.82, 2.24) is 5.32 Å². The van der Waals surface area contributed by atoms with E-state index in [9.17, 15) is 13.9 Å². The average Bonchev–Trinajstić information content (AvgIpc) is 2.54. The zero-order chi connectivity index (χ0) is 16.7. The lowest BCUT2D eigenvalue weighted by atomic mass is 10.0. The highest BCUT2D eigenvalue weighted by Crippen LogP contribution is 2.17. The first-order valence-corrected chi connectivity index (χ1v) is 7.50. The molecule has 0 fully saturated rings. The molecule has 0 aliphatic heterocycles. The maximum Gasteiger partial charge on any atom is 0.272 e. The molecule has 2 aromatic rings. The van der Waals surface area contributed by atoms with Gasteiger partial charge in [-0.25, -0.2) is 8.78 Å². The van der Waals surface area contributed by atoms with E-state index in [2.05, 4.69) is 5.32 Å². The molecule has 0 spiro atoms. The Morgan fingerprint density at radius 1 is 1.09 bits per heavy atom. The summed E-state index contributed by atoms with van der Waals surface area (Å²) in [5, 5.41) is 13.4. The van der Waals surface area contributed by atoms with Crippen molar-refractivity contribution in [3.05, 3.63) is 65.2 Å². The number of hydrogen-bond donors (Lipinski definition) is 2. The minimum Gasteiger partial charge on any atom is -0.488 e. The van der Waals surface area contributed by atoms with Crippen LogP contribution in [-0.4, -0.2) is 24.7 Å². The number of alkyl halides is 2. The second kappa shape index (κ2) is 8.60. The van der Waals surface area contributed by atoms with Crippen molar-refractivity contribution in [2.75, 3.05) is 13.2 Å². The van der Waals surface area contributed by atoms with Gasteiger partial charge in [0, 0.05) is 13.1 Å². The standard InChI is InChI=1S/C18H21F2NO2/c1-13-4-2-3-5-16(13)17(22)11-21-10-14-6-8-15(9-7-14)23-12-18(19)20/h2-9,17-18,21-22H,10-12H2,1H3. The Bertz CT molecular complexity index is 602. The zero-order valence-corrected chi connectivity index (χ0v) is 13.0. The van der Waals surface area contributed by atoms with Gasteiger partial charge in [-0.15, -0.1) is 0 Å². The summed E-state index contributed by atoms with van der Waals surface area (Å²) < 4.78 is 29.0. The maximum absolute atomic E-state index is 12.1. The number of benzene rings is 2. The number of rotatable bonds is 8. The van der Waals surface area contributed by atoms with Gasteiger partial charge in [0.15, 0.2) is 0 Å². The third-order valence-electron chi connectivity index (χ3n) is 3.51. The van der Waals surface area contributed by atoms with Crippen molar-refractivity contribution >= 4 is 0 Å². The molecule has 2 N–H and O–H groups in total. The molecular formula is C18H21F2NO2. The highest BCUT2D eigenvalue weighted by molar-refractivity contribution is 5.28. The van der Waals surface area contributed by atoms with Crippen LogP contribution in [0.4, 0.5) is 8.78 Å². The molecule has 0 aliphatic carbocycles. The Balaban J connectivity index is 1.79. The van der Waals surface area contributed by atoms with Gasteiger partial charge in [-0.2, -0.15) is 0 Å². The first-order chi connectivity index (χ1) is 11.1. The number of aliphatic hydroxyl groups excluding tert-OH is 1. The molecule has 3 nitrogen and oxygen atoms in total. The van der Waals surface area contributed by atoms with Crippen LogP contribution in [0.25, 0.3) is 0 Å². The fourth-order valence-corrected chi connectivity index (χ4v) is 2.29. The predicted octanol–water partition coefficient (Wildman–Crippen LogP) is 3.46. The molecule has 0 saturated heterocycles. The van der Waals surface area contributed by atoms with Crippen LogP contribution in [0.5, 0.6) is 5.75 Å². The van der Waals surface area contributed by atoms with Gasteiger partial charge in [0.05, 0.1) is 6.10 Å². The van der Waals surface area contributed by atoms with E-state index in [0.717, 1.165) is 16.7 Å². The second-order valence-corrected chi connectivity index (χ2v) is 5.35. The Labute approximate surface area is 134 Å². The Morgan fingerprint density at radius 3 is 2.43 bits per heavy atom. The van der Waals surface area contributed by atoms with Crippen LogP contribution in [0.1, 0.15) is 22.8 Å². The van der Waals surface area contributed by atoms with Crippen LogP contribution < -0.4 is 10.1 Å². The number of hydrogen-bond acceptors (Lipinski definition) is 3. The summed E-state index contributed by atoms with van der Waals surface area (Å²) in [6.07, 6.45) is -3.04. The minimum atomic E-state index is -2.47. The SMILES string of the molecule is Cc1ccccc1C(O)CNCc1ccc(OCC(F)F)cc1. The first kappa shape index (κ1) is 17.4. The lowest BCUT2D eigenvalue weighted by Gasteiger charge is -2.14. The van der Waals surface area contributed by atoms with Gasteiger partial charge in [-0.3, -0.25) is 0 Å². The largest absolute Gasteiger partial charge is 0.488 e.